The Labute approximate surface area is 148 Å². The number of benzene rings is 1. The van der Waals surface area contributed by atoms with E-state index in [1.165, 1.54) is 0 Å². The van der Waals surface area contributed by atoms with Crippen molar-refractivity contribution in [3.63, 3.8) is 0 Å². The van der Waals surface area contributed by atoms with Crippen molar-refractivity contribution in [1.82, 2.24) is 5.32 Å². The van der Waals surface area contributed by atoms with Gasteiger partial charge in [0.05, 0.1) is 31.5 Å². The van der Waals surface area contributed by atoms with Gasteiger partial charge in [-0.3, -0.25) is 0 Å². The number of aliphatic hydroxyl groups excluding tert-OH is 1. The molecule has 2 aliphatic carbocycles. The molecule has 6 atom stereocenters. The van der Waals surface area contributed by atoms with Gasteiger partial charge in [-0.1, -0.05) is 30.3 Å². The van der Waals surface area contributed by atoms with E-state index in [9.17, 15) is 9.90 Å². The highest BCUT2D eigenvalue weighted by Gasteiger charge is 2.49. The predicted molar refractivity (Wildman–Crippen MR) is 92.2 cm³/mol. The molecule has 0 unspecified atom stereocenters. The summed E-state index contributed by atoms with van der Waals surface area (Å²) in [4.78, 5) is 11.0. The standard InChI is InChI=1S/C19H27NO5/c1-24-18-8-13-7-17(21)16(20-19(22)23)9-14(13)15(18)11-25-10-12-5-3-2-4-6-12/h2-6,13-18,20-21H,7-11H2,1H3,(H,22,23)/t13-,14-,15+,16+,17-,18+/m1/s1. The quantitative estimate of drug-likeness (QED) is 0.733. The highest BCUT2D eigenvalue weighted by molar-refractivity contribution is 5.65. The van der Waals surface area contributed by atoms with Gasteiger partial charge in [0, 0.05) is 13.0 Å². The molecule has 6 heteroatoms. The van der Waals surface area contributed by atoms with Gasteiger partial charge in [0.2, 0.25) is 0 Å². The number of fused-ring (bicyclic) bond motifs is 1. The molecule has 0 aromatic heterocycles. The minimum atomic E-state index is -1.08. The molecule has 0 radical (unpaired) electrons. The van der Waals surface area contributed by atoms with E-state index < -0.39 is 18.2 Å². The van der Waals surface area contributed by atoms with Crippen molar-refractivity contribution >= 4 is 6.09 Å². The van der Waals surface area contributed by atoms with Gasteiger partial charge < -0.3 is 25.0 Å². The Kier molecular flexibility index (Phi) is 5.93. The maximum absolute atomic E-state index is 11.0. The third-order valence-corrected chi connectivity index (χ3v) is 5.74. The fourth-order valence-corrected chi connectivity index (χ4v) is 4.54. The first-order valence-electron chi connectivity index (χ1n) is 8.90. The summed E-state index contributed by atoms with van der Waals surface area (Å²) in [6.07, 6.45) is 0.542. The summed E-state index contributed by atoms with van der Waals surface area (Å²) in [7, 11) is 1.72. The average molecular weight is 349 g/mol. The van der Waals surface area contributed by atoms with Crippen LogP contribution in [0.2, 0.25) is 0 Å². The van der Waals surface area contributed by atoms with Gasteiger partial charge in [0.1, 0.15) is 0 Å². The maximum atomic E-state index is 11.0. The van der Waals surface area contributed by atoms with E-state index in [1.54, 1.807) is 7.11 Å². The van der Waals surface area contributed by atoms with E-state index in [2.05, 4.69) is 5.32 Å². The predicted octanol–water partition coefficient (Wildman–Crippen LogP) is 2.26. The number of amides is 1. The van der Waals surface area contributed by atoms with Crippen molar-refractivity contribution in [3.05, 3.63) is 35.9 Å². The van der Waals surface area contributed by atoms with E-state index >= 15 is 0 Å². The lowest BCUT2D eigenvalue weighted by Gasteiger charge is -2.37. The lowest BCUT2D eigenvalue weighted by Crippen LogP contribution is -2.49. The highest BCUT2D eigenvalue weighted by atomic mass is 16.5. The van der Waals surface area contributed by atoms with Gasteiger partial charge in [-0.2, -0.15) is 0 Å². The Hall–Kier alpha value is -1.63. The van der Waals surface area contributed by atoms with Gasteiger partial charge in [-0.15, -0.1) is 0 Å². The minimum Gasteiger partial charge on any atom is -0.465 e. The third-order valence-electron chi connectivity index (χ3n) is 5.74. The van der Waals surface area contributed by atoms with Crippen LogP contribution >= 0.6 is 0 Å². The zero-order valence-corrected chi connectivity index (χ0v) is 14.5. The fourth-order valence-electron chi connectivity index (χ4n) is 4.54. The van der Waals surface area contributed by atoms with Crippen molar-refractivity contribution in [3.8, 4) is 0 Å². The molecule has 0 saturated heterocycles. The van der Waals surface area contributed by atoms with Gasteiger partial charge in [0.15, 0.2) is 0 Å². The number of carboxylic acid groups (broad SMARTS) is 1. The Morgan fingerprint density at radius 1 is 1.24 bits per heavy atom. The SMILES string of the molecule is CO[C@H]1C[C@H]2C[C@@H](O)[C@@H](NC(=O)O)C[C@H]2[C@@H]1COCc1ccccc1. The number of rotatable bonds is 6. The molecular formula is C19H27NO5. The molecule has 0 bridgehead atoms. The van der Waals surface area contributed by atoms with Crippen LogP contribution in [0.3, 0.4) is 0 Å². The van der Waals surface area contributed by atoms with Gasteiger partial charge >= 0.3 is 6.09 Å². The van der Waals surface area contributed by atoms with E-state index in [0.29, 0.717) is 37.9 Å². The van der Waals surface area contributed by atoms with Crippen LogP contribution < -0.4 is 5.32 Å². The van der Waals surface area contributed by atoms with Crippen LogP contribution in [0.4, 0.5) is 4.79 Å². The Balaban J connectivity index is 1.61. The molecular weight excluding hydrogens is 322 g/mol. The van der Waals surface area contributed by atoms with Crippen LogP contribution in [0.1, 0.15) is 24.8 Å². The lowest BCUT2D eigenvalue weighted by atomic mass is 9.74. The Morgan fingerprint density at radius 3 is 2.68 bits per heavy atom. The number of methoxy groups -OCH3 is 1. The molecule has 2 saturated carbocycles. The van der Waals surface area contributed by atoms with Crippen LogP contribution in [-0.4, -0.2) is 48.3 Å². The highest BCUT2D eigenvalue weighted by Crippen LogP contribution is 2.47. The van der Waals surface area contributed by atoms with Crippen molar-refractivity contribution in [2.75, 3.05) is 13.7 Å². The summed E-state index contributed by atoms with van der Waals surface area (Å²) in [6.45, 7) is 1.15. The van der Waals surface area contributed by atoms with Gasteiger partial charge in [0.25, 0.3) is 0 Å². The third kappa shape index (κ3) is 4.32. The smallest absolute Gasteiger partial charge is 0.404 e. The number of aliphatic hydroxyl groups is 1. The molecule has 2 aliphatic rings. The molecule has 1 aromatic carbocycles. The van der Waals surface area contributed by atoms with Crippen molar-refractivity contribution in [2.24, 2.45) is 17.8 Å². The summed E-state index contributed by atoms with van der Waals surface area (Å²) in [5.74, 6) is 0.891. The lowest BCUT2D eigenvalue weighted by molar-refractivity contribution is -0.0138. The van der Waals surface area contributed by atoms with Crippen LogP contribution in [0.5, 0.6) is 0 Å². The van der Waals surface area contributed by atoms with Gasteiger partial charge in [-0.05, 0) is 36.7 Å². The summed E-state index contributed by atoms with van der Waals surface area (Å²) in [5.41, 5.74) is 1.13. The zero-order valence-electron chi connectivity index (χ0n) is 14.5. The first-order chi connectivity index (χ1) is 12.1. The average Bonchev–Trinajstić information content (AvgIpc) is 2.92. The number of hydrogen-bond donors (Lipinski definition) is 3. The monoisotopic (exact) mass is 349 g/mol. The second-order valence-electron chi connectivity index (χ2n) is 7.19. The van der Waals surface area contributed by atoms with E-state index in [1.807, 2.05) is 30.3 Å². The zero-order chi connectivity index (χ0) is 17.8. The Bertz CT molecular complexity index is 566. The van der Waals surface area contributed by atoms with Crippen LogP contribution in [0, 0.1) is 17.8 Å². The molecule has 0 spiro atoms. The van der Waals surface area contributed by atoms with Crippen molar-refractivity contribution in [1.29, 1.82) is 0 Å². The molecule has 2 fully saturated rings. The molecule has 1 aromatic rings. The molecule has 6 nitrogen and oxygen atoms in total. The minimum absolute atomic E-state index is 0.0987. The molecule has 0 aliphatic heterocycles. The molecule has 1 amide bonds. The van der Waals surface area contributed by atoms with E-state index in [-0.39, 0.29) is 12.0 Å². The number of hydrogen-bond acceptors (Lipinski definition) is 4. The topological polar surface area (TPSA) is 88.0 Å². The molecule has 3 N–H and O–H groups in total. The second-order valence-corrected chi connectivity index (χ2v) is 7.19. The molecule has 0 heterocycles. The summed E-state index contributed by atoms with van der Waals surface area (Å²) in [6, 6.07) is 9.63. The number of ether oxygens (including phenoxy) is 2. The van der Waals surface area contributed by atoms with E-state index in [0.717, 1.165) is 12.0 Å². The summed E-state index contributed by atoms with van der Waals surface area (Å²) in [5, 5.41) is 21.7. The summed E-state index contributed by atoms with van der Waals surface area (Å²) >= 11 is 0. The molecule has 25 heavy (non-hydrogen) atoms. The molecule has 138 valence electrons. The first kappa shape index (κ1) is 18.2. The normalized spacial score (nSPS) is 34.5. The maximum Gasteiger partial charge on any atom is 0.404 e. The van der Waals surface area contributed by atoms with Crippen LogP contribution in [0.15, 0.2) is 30.3 Å². The molecule has 3 rings (SSSR count). The van der Waals surface area contributed by atoms with Crippen molar-refractivity contribution in [2.45, 2.75) is 44.1 Å². The van der Waals surface area contributed by atoms with Crippen molar-refractivity contribution < 1.29 is 24.5 Å². The van der Waals surface area contributed by atoms with E-state index in [4.69, 9.17) is 14.6 Å². The summed E-state index contributed by atoms with van der Waals surface area (Å²) < 4.78 is 11.6. The van der Waals surface area contributed by atoms with Gasteiger partial charge in [-0.25, -0.2) is 4.79 Å². The second kappa shape index (κ2) is 8.17. The Morgan fingerprint density at radius 2 is 2.00 bits per heavy atom. The number of carbonyl (C=O) groups is 1. The largest absolute Gasteiger partial charge is 0.465 e. The van der Waals surface area contributed by atoms with Crippen LogP contribution in [-0.2, 0) is 16.1 Å². The number of nitrogens with one attached hydrogen (secondary N) is 1. The fraction of sp³-hybridized carbons (Fsp3) is 0.632. The first-order valence-corrected chi connectivity index (χ1v) is 8.90. The van der Waals surface area contributed by atoms with Crippen LogP contribution in [0.25, 0.3) is 0 Å².